The molecule has 0 aromatic heterocycles. The average Bonchev–Trinajstić information content (AvgIpc) is 1.30. The fourth-order valence-electron chi connectivity index (χ4n) is 0.254. The zero-order chi connectivity index (χ0) is 5.91. The Morgan fingerprint density at radius 1 is 1.57 bits per heavy atom. The van der Waals surface area contributed by atoms with Gasteiger partial charge in [-0.25, -0.2) is 0 Å². The molecule has 0 bridgehead atoms. The van der Waals surface area contributed by atoms with E-state index < -0.39 is 4.65 Å². The Morgan fingerprint density at radius 3 is 2.00 bits per heavy atom. The highest BCUT2D eigenvalue weighted by molar-refractivity contribution is 4.77. The highest BCUT2D eigenvalue weighted by atomic mass is 16.5. The second-order valence-electron chi connectivity index (χ2n) is 1.82. The first-order chi connectivity index (χ1) is 3.06. The number of likely N-dealkylation sites (N-methyl/N-ethyl adjacent to an activating group) is 1. The van der Waals surface area contributed by atoms with E-state index in [0.717, 1.165) is 0 Å². The van der Waals surface area contributed by atoms with Crippen molar-refractivity contribution in [2.24, 2.45) is 0 Å². The molecule has 2 nitrogen and oxygen atoms in total. The van der Waals surface area contributed by atoms with Gasteiger partial charge in [-0.3, -0.25) is 0 Å². The van der Waals surface area contributed by atoms with Crippen LogP contribution in [0.4, 0.5) is 0 Å². The van der Waals surface area contributed by atoms with Gasteiger partial charge in [0.15, 0.2) is 6.54 Å². The van der Waals surface area contributed by atoms with E-state index in [2.05, 4.69) is 6.58 Å². The van der Waals surface area contributed by atoms with Crippen LogP contribution < -0.4 is 0 Å². The van der Waals surface area contributed by atoms with Crippen molar-refractivity contribution in [3.63, 3.8) is 0 Å². The molecule has 0 fully saturated rings. The number of rotatable bonds is 2. The summed E-state index contributed by atoms with van der Waals surface area (Å²) in [6.45, 7) is 4.83. The lowest BCUT2D eigenvalue weighted by molar-refractivity contribution is -0.803. The van der Waals surface area contributed by atoms with Crippen molar-refractivity contribution in [2.75, 3.05) is 14.1 Å². The second kappa shape index (κ2) is 2.09. The number of hydroxylamine groups is 3. The Balaban J connectivity index is 3.34. The maximum atomic E-state index is 10.5. The van der Waals surface area contributed by atoms with Crippen molar-refractivity contribution in [3.05, 3.63) is 24.4 Å². The van der Waals surface area contributed by atoms with Gasteiger partial charge in [0.05, 0.1) is 14.1 Å². The average molecular weight is 100 g/mol. The van der Waals surface area contributed by atoms with E-state index in [1.54, 1.807) is 0 Å². The van der Waals surface area contributed by atoms with Gasteiger partial charge in [-0.1, -0.05) is 6.58 Å². The minimum absolute atomic E-state index is 0.399. The van der Waals surface area contributed by atoms with Crippen molar-refractivity contribution in [1.82, 2.24) is 0 Å². The number of quaternary nitrogens is 1. The van der Waals surface area contributed by atoms with Crippen molar-refractivity contribution in [3.8, 4) is 0 Å². The van der Waals surface area contributed by atoms with E-state index in [1.165, 1.54) is 26.7 Å². The molecule has 0 spiro atoms. The van der Waals surface area contributed by atoms with Gasteiger partial charge in [0.2, 0.25) is 0 Å². The fraction of sp³-hybridized carbons (Fsp3) is 0.400. The molecule has 0 atom stereocenters. The molecular formula is C5H10NO. The Hall–Kier alpha value is -0.340. The third-order valence-corrected chi connectivity index (χ3v) is 0.464. The number of hydrogen-bond acceptors (Lipinski definition) is 1. The topological polar surface area (TPSA) is 23.1 Å². The van der Waals surface area contributed by atoms with E-state index in [1.807, 2.05) is 0 Å². The Kier molecular flexibility index (Phi) is 1.99. The summed E-state index contributed by atoms with van der Waals surface area (Å²) in [5.41, 5.74) is 0. The summed E-state index contributed by atoms with van der Waals surface area (Å²) in [5, 5.41) is 10.5. The van der Waals surface area contributed by atoms with Gasteiger partial charge in [0, 0.05) is 0 Å². The Labute approximate surface area is 44.2 Å². The van der Waals surface area contributed by atoms with Crippen molar-refractivity contribution in [1.29, 1.82) is 0 Å². The molecule has 0 saturated heterocycles. The first-order valence-electron chi connectivity index (χ1n) is 2.08. The zero-order valence-corrected chi connectivity index (χ0v) is 4.72. The zero-order valence-electron chi connectivity index (χ0n) is 4.72. The Morgan fingerprint density at radius 2 is 2.00 bits per heavy atom. The molecule has 0 heterocycles. The third kappa shape index (κ3) is 5.66. The van der Waals surface area contributed by atoms with Crippen LogP contribution >= 0.6 is 0 Å². The molecule has 0 aliphatic heterocycles. The van der Waals surface area contributed by atoms with Crippen LogP contribution in [0.15, 0.2) is 12.7 Å². The van der Waals surface area contributed by atoms with Gasteiger partial charge in [0.1, 0.15) is 0 Å². The summed E-state index contributed by atoms with van der Waals surface area (Å²) in [7, 11) is 3.06. The maximum absolute atomic E-state index is 10.5. The molecule has 7 heavy (non-hydrogen) atoms. The van der Waals surface area contributed by atoms with Crippen LogP contribution in [-0.4, -0.2) is 18.7 Å². The molecule has 0 rings (SSSR count). The molecule has 0 N–H and O–H groups in total. The first kappa shape index (κ1) is 6.66. The van der Waals surface area contributed by atoms with Crippen LogP contribution in [0.2, 0.25) is 0 Å². The van der Waals surface area contributed by atoms with Crippen LogP contribution in [0.5, 0.6) is 0 Å². The second-order valence-corrected chi connectivity index (χ2v) is 1.82. The monoisotopic (exact) mass is 100 g/mol. The van der Waals surface area contributed by atoms with Crippen molar-refractivity contribution in [2.45, 2.75) is 0 Å². The minimum Gasteiger partial charge on any atom is -0.633 e. The molecule has 0 aliphatic rings. The number of nitrogens with zero attached hydrogens (tertiary/aromatic N) is 1. The highest BCUT2D eigenvalue weighted by Crippen LogP contribution is 1.95. The summed E-state index contributed by atoms with van der Waals surface area (Å²) >= 11 is 0. The quantitative estimate of drug-likeness (QED) is 0.373. The van der Waals surface area contributed by atoms with Crippen molar-refractivity contribution < 1.29 is 4.65 Å². The lowest BCUT2D eigenvalue weighted by Crippen LogP contribution is -2.27. The van der Waals surface area contributed by atoms with E-state index in [4.69, 9.17) is 0 Å². The molecule has 0 saturated carbocycles. The molecule has 1 radical (unpaired) electrons. The summed E-state index contributed by atoms with van der Waals surface area (Å²) < 4.78 is -0.399. The van der Waals surface area contributed by atoms with E-state index in [0.29, 0.717) is 0 Å². The molecule has 0 aromatic rings. The lowest BCUT2D eigenvalue weighted by Gasteiger charge is -2.30. The number of hydrogen-bond donors (Lipinski definition) is 0. The highest BCUT2D eigenvalue weighted by Gasteiger charge is 1.94. The summed E-state index contributed by atoms with van der Waals surface area (Å²) in [5.74, 6) is 0. The van der Waals surface area contributed by atoms with E-state index in [-0.39, 0.29) is 0 Å². The lowest BCUT2D eigenvalue weighted by atomic mass is 10.6. The predicted molar refractivity (Wildman–Crippen MR) is 30.0 cm³/mol. The molecule has 0 amide bonds. The van der Waals surface area contributed by atoms with Gasteiger partial charge >= 0.3 is 0 Å². The van der Waals surface area contributed by atoms with E-state index >= 15 is 0 Å². The molecule has 0 unspecified atom stereocenters. The van der Waals surface area contributed by atoms with Crippen molar-refractivity contribution >= 4 is 0 Å². The molecular weight excluding hydrogens is 90.1 g/mol. The van der Waals surface area contributed by atoms with Gasteiger partial charge in [0.25, 0.3) is 0 Å². The summed E-state index contributed by atoms with van der Waals surface area (Å²) in [6, 6.07) is 0. The molecule has 0 aromatic carbocycles. The largest absolute Gasteiger partial charge is 0.633 e. The Bertz CT molecular complexity index is 63.0. The smallest absolute Gasteiger partial charge is 0.163 e. The normalized spacial score (nSPS) is 11.3. The molecule has 0 aliphatic carbocycles. The van der Waals surface area contributed by atoms with Gasteiger partial charge in [-0.15, -0.1) is 0 Å². The minimum atomic E-state index is -0.399. The van der Waals surface area contributed by atoms with Gasteiger partial charge < -0.3 is 9.85 Å². The predicted octanol–water partition coefficient (Wildman–Crippen LogP) is 0.908. The van der Waals surface area contributed by atoms with Crippen LogP contribution in [0.25, 0.3) is 0 Å². The van der Waals surface area contributed by atoms with Crippen LogP contribution in [0.3, 0.4) is 0 Å². The molecule has 41 valence electrons. The first-order valence-corrected chi connectivity index (χ1v) is 2.08. The standard InChI is InChI=1S/C5H10NO/c1-4-5-6(2,3)7/h4-5H,1H2,2-3H3. The van der Waals surface area contributed by atoms with Crippen LogP contribution in [0.1, 0.15) is 0 Å². The van der Waals surface area contributed by atoms with Gasteiger partial charge in [-0.2, -0.15) is 0 Å². The van der Waals surface area contributed by atoms with Crippen LogP contribution in [-0.2, 0) is 0 Å². The fourth-order valence-corrected chi connectivity index (χ4v) is 0.254. The summed E-state index contributed by atoms with van der Waals surface area (Å²) in [6.07, 6.45) is 1.49. The summed E-state index contributed by atoms with van der Waals surface area (Å²) in [4.78, 5) is 0. The third-order valence-electron chi connectivity index (χ3n) is 0.464. The van der Waals surface area contributed by atoms with E-state index in [9.17, 15) is 5.21 Å². The molecule has 2 heteroatoms. The maximum Gasteiger partial charge on any atom is 0.163 e. The SMILES string of the molecule is C=C[CH][N+](C)(C)[O-]. The van der Waals surface area contributed by atoms with Gasteiger partial charge in [-0.05, 0) is 6.08 Å². The van der Waals surface area contributed by atoms with Crippen LogP contribution in [0, 0.1) is 11.8 Å².